The average Bonchev–Trinajstić information content (AvgIpc) is 4.06. The lowest BCUT2D eigenvalue weighted by Gasteiger charge is -2.33. The van der Waals surface area contributed by atoms with Gasteiger partial charge in [-0.2, -0.15) is 4.99 Å². The molecule has 0 bridgehead atoms. The molecule has 0 fully saturated rings. The summed E-state index contributed by atoms with van der Waals surface area (Å²) in [7, 11) is 0.160. The summed E-state index contributed by atoms with van der Waals surface area (Å²) in [5.74, 6) is 1.51. The summed E-state index contributed by atoms with van der Waals surface area (Å²) in [6.45, 7) is 4.91. The first kappa shape index (κ1) is 44.1. The van der Waals surface area contributed by atoms with Crippen molar-refractivity contribution in [3.8, 4) is 33.4 Å². The molecule has 4 nitrogen and oxygen atoms in total. The first-order chi connectivity index (χ1) is 36.4. The van der Waals surface area contributed by atoms with Gasteiger partial charge in [0, 0.05) is 43.6 Å². The maximum Gasteiger partial charge on any atom is 0.214 e. The maximum atomic E-state index is 5.61. The van der Waals surface area contributed by atoms with Gasteiger partial charge in [0.25, 0.3) is 0 Å². The molecule has 0 amide bonds. The zero-order chi connectivity index (χ0) is 49.5. The minimum atomic E-state index is -2.00. The number of benzene rings is 11. The summed E-state index contributed by atoms with van der Waals surface area (Å²) < 4.78 is 5.00. The van der Waals surface area contributed by atoms with E-state index in [0.717, 1.165) is 44.8 Å². The Kier molecular flexibility index (Phi) is 10.4. The number of hydrogen-bond acceptors (Lipinski definition) is 4. The normalized spacial score (nSPS) is 14.1. The van der Waals surface area contributed by atoms with Gasteiger partial charge in [-0.05, 0) is 109 Å². The number of amidine groups is 1. The Hall–Kier alpha value is -8.68. The average molecular weight is 983 g/mol. The molecule has 1 atom stereocenters. The second kappa shape index (κ2) is 17.5. The quantitative estimate of drug-likeness (QED) is 0.147. The van der Waals surface area contributed by atoms with Crippen LogP contribution in [0.15, 0.2) is 253 Å². The van der Waals surface area contributed by atoms with Crippen molar-refractivity contribution >= 4 is 105 Å². The molecule has 0 aliphatic carbocycles. The molecule has 0 spiro atoms. The highest BCUT2D eigenvalue weighted by atomic mass is 32.1. The van der Waals surface area contributed by atoms with E-state index < -0.39 is 14.2 Å². The Morgan fingerprint density at radius 3 is 1.82 bits per heavy atom. The van der Waals surface area contributed by atoms with Crippen LogP contribution < -0.4 is 10.4 Å². The van der Waals surface area contributed by atoms with Gasteiger partial charge in [-0.15, -0.1) is 11.3 Å². The lowest BCUT2D eigenvalue weighted by molar-refractivity contribution is 0.373. The van der Waals surface area contributed by atoms with Crippen LogP contribution in [0.4, 0.5) is 0 Å². The minimum Gasteiger partial charge on any atom is -0.319 e. The molecule has 6 heteroatoms. The van der Waals surface area contributed by atoms with Gasteiger partial charge in [-0.25, -0.2) is 4.99 Å². The number of hydrogen-bond donors (Lipinski definition) is 0. The summed E-state index contributed by atoms with van der Waals surface area (Å²) in [6, 6.07) is 89.2. The zero-order valence-electron chi connectivity index (χ0n) is 41.4. The molecule has 0 N–H and O–H groups in total. The molecule has 352 valence electrons. The summed E-state index contributed by atoms with van der Waals surface area (Å²) in [5.41, 5.74) is 11.3. The van der Waals surface area contributed by atoms with Crippen molar-refractivity contribution in [2.45, 2.75) is 19.3 Å². The van der Waals surface area contributed by atoms with Gasteiger partial charge in [-0.3, -0.25) is 4.57 Å². The first-order valence-corrected chi connectivity index (χ1v) is 29.3. The standard InChI is InChI=1S/C68H50N4SSi/c1-71-67(51-39-49(44-20-7-4-8-21-44)38-50(40-51)47-25-19-28-53(41-47)74(2,3)52-26-11-6-12-27-52)69-66(46-23-9-5-10-24-46)70-68(71)72-60-36-35-48(42-59(60)64-54-29-14-13-22-45(54)34-37-61(64)72)58-43-63-65(56-31-16-15-30-55(56)58)57-32-17-18-33-62(57)73-63/h4-43,67H,1-3H3. The van der Waals surface area contributed by atoms with Gasteiger partial charge < -0.3 is 4.90 Å². The van der Waals surface area contributed by atoms with E-state index in [0.29, 0.717) is 5.84 Å². The number of nitrogens with zero attached hydrogens (tertiary/aromatic N) is 4. The molecule has 1 unspecified atom stereocenters. The maximum absolute atomic E-state index is 5.61. The van der Waals surface area contributed by atoms with Crippen LogP contribution in [0.1, 0.15) is 17.3 Å². The molecular formula is C68H50N4SSi. The first-order valence-electron chi connectivity index (χ1n) is 25.5. The summed E-state index contributed by atoms with van der Waals surface area (Å²) in [6.07, 6.45) is -0.412. The van der Waals surface area contributed by atoms with E-state index in [2.05, 4.69) is 272 Å². The van der Waals surface area contributed by atoms with E-state index in [1.807, 2.05) is 11.3 Å². The third kappa shape index (κ3) is 7.24. The molecule has 3 heterocycles. The molecular weight excluding hydrogens is 933 g/mol. The number of rotatable bonds is 7. The van der Waals surface area contributed by atoms with E-state index >= 15 is 0 Å². The molecule has 13 aromatic rings. The number of aromatic nitrogens is 1. The third-order valence-corrected chi connectivity index (χ3v) is 20.1. The summed E-state index contributed by atoms with van der Waals surface area (Å²) in [4.78, 5) is 13.5. The van der Waals surface area contributed by atoms with Gasteiger partial charge >= 0.3 is 0 Å². The predicted molar refractivity (Wildman–Crippen MR) is 320 cm³/mol. The molecule has 1 aliphatic heterocycles. The van der Waals surface area contributed by atoms with Crippen molar-refractivity contribution in [2.75, 3.05) is 7.05 Å². The topological polar surface area (TPSA) is 32.9 Å². The third-order valence-electron chi connectivity index (χ3n) is 15.5. The van der Waals surface area contributed by atoms with Crippen LogP contribution in [0.5, 0.6) is 0 Å². The second-order valence-electron chi connectivity index (χ2n) is 20.2. The predicted octanol–water partition coefficient (Wildman–Crippen LogP) is 16.6. The van der Waals surface area contributed by atoms with Gasteiger partial charge in [0.2, 0.25) is 5.96 Å². The highest BCUT2D eigenvalue weighted by molar-refractivity contribution is 7.26. The van der Waals surface area contributed by atoms with Crippen LogP contribution in [0, 0.1) is 0 Å². The number of thiophene rings is 1. The van der Waals surface area contributed by atoms with Crippen LogP contribution in [0.2, 0.25) is 13.1 Å². The highest BCUT2D eigenvalue weighted by Crippen LogP contribution is 2.45. The Morgan fingerprint density at radius 1 is 0.419 bits per heavy atom. The fourth-order valence-electron chi connectivity index (χ4n) is 11.6. The highest BCUT2D eigenvalue weighted by Gasteiger charge is 2.31. The monoisotopic (exact) mass is 982 g/mol. The largest absolute Gasteiger partial charge is 0.319 e. The van der Waals surface area contributed by atoms with Crippen LogP contribution in [0.3, 0.4) is 0 Å². The lowest BCUT2D eigenvalue weighted by atomic mass is 9.94. The Bertz CT molecular complexity index is 4420. The van der Waals surface area contributed by atoms with Crippen molar-refractivity contribution in [1.29, 1.82) is 0 Å². The number of fused-ring (bicyclic) bond motifs is 10. The molecule has 11 aromatic carbocycles. The van der Waals surface area contributed by atoms with E-state index in [1.165, 1.54) is 79.6 Å². The van der Waals surface area contributed by atoms with Gasteiger partial charge in [0.05, 0.1) is 11.0 Å². The Morgan fingerprint density at radius 2 is 1.04 bits per heavy atom. The lowest BCUT2D eigenvalue weighted by Crippen LogP contribution is -2.52. The van der Waals surface area contributed by atoms with E-state index in [1.54, 1.807) is 0 Å². The minimum absolute atomic E-state index is 0.412. The van der Waals surface area contributed by atoms with E-state index in [9.17, 15) is 0 Å². The summed E-state index contributed by atoms with van der Waals surface area (Å²) >= 11 is 1.88. The zero-order valence-corrected chi connectivity index (χ0v) is 43.2. The van der Waals surface area contributed by atoms with Crippen molar-refractivity contribution < 1.29 is 0 Å². The molecule has 0 saturated carbocycles. The molecule has 74 heavy (non-hydrogen) atoms. The van der Waals surface area contributed by atoms with Crippen LogP contribution in [-0.2, 0) is 0 Å². The Labute approximate surface area is 435 Å². The van der Waals surface area contributed by atoms with Gasteiger partial charge in [0.15, 0.2) is 12.0 Å². The van der Waals surface area contributed by atoms with E-state index in [4.69, 9.17) is 9.98 Å². The molecule has 2 aromatic heterocycles. The smallest absolute Gasteiger partial charge is 0.214 e. The SMILES string of the molecule is CN1C(n2c3ccc(-c4cc5sc6ccccc6c5c5ccccc45)cc3c3c4ccccc4ccc32)=NC(c2ccccc2)=NC1c1cc(-c2ccccc2)cc(-c2cccc([Si](C)(C)c3ccccc3)c2)c1. The molecule has 0 radical (unpaired) electrons. The summed E-state index contributed by atoms with van der Waals surface area (Å²) in [5, 5.41) is 12.8. The fourth-order valence-corrected chi connectivity index (χ4v) is 15.2. The van der Waals surface area contributed by atoms with Crippen LogP contribution >= 0.6 is 11.3 Å². The van der Waals surface area contributed by atoms with Crippen molar-refractivity contribution in [2.24, 2.45) is 9.98 Å². The van der Waals surface area contributed by atoms with E-state index in [-0.39, 0.29) is 0 Å². The van der Waals surface area contributed by atoms with Crippen LogP contribution in [0.25, 0.3) is 96.9 Å². The number of aliphatic imine (C=N–C) groups is 2. The van der Waals surface area contributed by atoms with Crippen molar-refractivity contribution in [1.82, 2.24) is 9.47 Å². The fraction of sp³-hybridized carbons (Fsp3) is 0.0588. The van der Waals surface area contributed by atoms with Gasteiger partial charge in [-0.1, -0.05) is 218 Å². The van der Waals surface area contributed by atoms with Crippen molar-refractivity contribution in [3.05, 3.63) is 254 Å². The molecule has 1 aliphatic rings. The van der Waals surface area contributed by atoms with Crippen molar-refractivity contribution in [3.63, 3.8) is 0 Å². The van der Waals surface area contributed by atoms with Gasteiger partial charge in [0.1, 0.15) is 8.07 Å². The molecule has 0 saturated heterocycles. The second-order valence-corrected chi connectivity index (χ2v) is 25.7. The van der Waals surface area contributed by atoms with Crippen LogP contribution in [-0.4, -0.2) is 36.4 Å². The molecule has 14 rings (SSSR count). The Balaban J connectivity index is 0.974.